The van der Waals surface area contributed by atoms with Gasteiger partial charge in [-0.15, -0.1) is 12.8 Å². The molecule has 0 amide bonds. The molecule has 4 N–H and O–H groups in total. The summed E-state index contributed by atoms with van der Waals surface area (Å²) in [6, 6.07) is 0. The van der Waals surface area contributed by atoms with E-state index in [1.807, 2.05) is 0 Å². The maximum Gasteiger partial charge on any atom is 2.00 e. The number of hydrogen-bond acceptors (Lipinski definition) is 0. The molecule has 0 spiro atoms. The summed E-state index contributed by atoms with van der Waals surface area (Å²) in [5, 5.41) is 0. The van der Waals surface area contributed by atoms with Crippen molar-refractivity contribution in [3.63, 3.8) is 0 Å². The standard InChI is InChI=1S/2C5HF6O2.Cu/c2*6-4(7,8)2(12)1-3(13)5(9,10)11;/h2*1H;/q2*-1;+2/p+4. The van der Waals surface area contributed by atoms with Crippen LogP contribution in [-0.4, -0.2) is 67.0 Å². The molecule has 0 bridgehead atoms. The number of ketones is 4. The summed E-state index contributed by atoms with van der Waals surface area (Å²) in [7, 11) is 0. The zero-order chi connectivity index (χ0) is 21.7. The van der Waals surface area contributed by atoms with Crippen LogP contribution in [-0.2, 0) is 17.1 Å². The first-order valence-electron chi connectivity index (χ1n) is 5.32. The Morgan fingerprint density at radius 3 is 0.593 bits per heavy atom. The molecular formula is C10H6CuF12O4+4. The average molecular weight is 482 g/mol. The maximum absolute atomic E-state index is 11.4. The fourth-order valence-corrected chi connectivity index (χ4v) is 0.586. The van der Waals surface area contributed by atoms with Gasteiger partial charge in [-0.3, -0.25) is 0 Å². The third-order valence-corrected chi connectivity index (χ3v) is 1.71. The molecule has 1 radical (unpaired) electrons. The molecule has 161 valence electrons. The first-order valence-corrected chi connectivity index (χ1v) is 5.32. The van der Waals surface area contributed by atoms with Gasteiger partial charge in [0.2, 0.25) is 0 Å². The van der Waals surface area contributed by atoms with Crippen LogP contribution < -0.4 is 0 Å². The van der Waals surface area contributed by atoms with Gasteiger partial charge in [0.1, 0.15) is 0 Å². The Balaban J connectivity index is -0.000000411. The molecule has 0 fully saturated rings. The molecule has 0 unspecified atom stereocenters. The topological polar surface area (TPSA) is 85.6 Å². The van der Waals surface area contributed by atoms with Crippen LogP contribution in [0.2, 0.25) is 0 Å². The average Bonchev–Trinajstić information content (AvgIpc) is 2.34. The summed E-state index contributed by atoms with van der Waals surface area (Å²) < 4.78 is 137. The molecule has 0 aromatic heterocycles. The summed E-state index contributed by atoms with van der Waals surface area (Å²) >= 11 is 0. The molecule has 0 aliphatic carbocycles. The Hall–Kier alpha value is -1.90. The fraction of sp³-hybridized carbons (Fsp3) is 0.400. The Kier molecular flexibility index (Phi) is 10.9. The Morgan fingerprint density at radius 2 is 0.519 bits per heavy atom. The summed E-state index contributed by atoms with van der Waals surface area (Å²) in [4.78, 5) is 31.9. The second kappa shape index (κ2) is 9.87. The largest absolute Gasteiger partial charge is 2.00 e. The van der Waals surface area contributed by atoms with Crippen molar-refractivity contribution < 1.29 is 88.9 Å². The van der Waals surface area contributed by atoms with Crippen molar-refractivity contribution >= 4 is 23.1 Å². The molecule has 0 saturated heterocycles. The monoisotopic (exact) mass is 481 g/mol. The van der Waals surface area contributed by atoms with Crippen molar-refractivity contribution in [2.75, 3.05) is 0 Å². The fourth-order valence-electron chi connectivity index (χ4n) is 0.586. The second-order valence-electron chi connectivity index (χ2n) is 3.82. The maximum atomic E-state index is 11.4. The summed E-state index contributed by atoms with van der Waals surface area (Å²) in [5.74, 6) is -10.0. The number of carbonyl (C=O) groups excluding carboxylic acids is 4. The summed E-state index contributed by atoms with van der Waals surface area (Å²) in [6.45, 7) is 0. The van der Waals surface area contributed by atoms with Crippen molar-refractivity contribution in [3.8, 4) is 0 Å². The van der Waals surface area contributed by atoms with E-state index in [2.05, 4.69) is 0 Å². The third-order valence-electron chi connectivity index (χ3n) is 1.71. The van der Waals surface area contributed by atoms with Crippen molar-refractivity contribution in [2.24, 2.45) is 0 Å². The van der Waals surface area contributed by atoms with Gasteiger partial charge in [0.15, 0.2) is 0 Å². The normalized spacial score (nSPS) is 12.0. The molecule has 0 atom stereocenters. The van der Waals surface area contributed by atoms with Gasteiger partial charge in [0.25, 0.3) is 23.1 Å². The Labute approximate surface area is 150 Å². The van der Waals surface area contributed by atoms with Crippen molar-refractivity contribution in [2.45, 2.75) is 24.7 Å². The van der Waals surface area contributed by atoms with Gasteiger partial charge in [-0.1, -0.05) is 0 Å². The van der Waals surface area contributed by atoms with Gasteiger partial charge in [-0.25, -0.2) is 0 Å². The first kappa shape index (κ1) is 29.8. The minimum absolute atomic E-state index is 0. The van der Waals surface area contributed by atoms with E-state index in [4.69, 9.17) is 19.2 Å². The minimum Gasteiger partial charge on any atom is -0.306 e. The van der Waals surface area contributed by atoms with Crippen LogP contribution in [0.1, 0.15) is 0 Å². The van der Waals surface area contributed by atoms with Crippen LogP contribution in [0, 0.1) is 12.8 Å². The van der Waals surface area contributed by atoms with E-state index in [1.165, 1.54) is 0 Å². The zero-order valence-electron chi connectivity index (χ0n) is 11.8. The Morgan fingerprint density at radius 1 is 0.407 bits per heavy atom. The first-order chi connectivity index (χ1) is 11.1. The molecule has 0 saturated carbocycles. The van der Waals surface area contributed by atoms with E-state index < -0.39 is 60.7 Å². The molecule has 0 rings (SSSR count). The summed E-state index contributed by atoms with van der Waals surface area (Å²) in [6.07, 6.45) is -22.8. The molecule has 0 heterocycles. The van der Waals surface area contributed by atoms with Crippen LogP contribution >= 0.6 is 0 Å². The zero-order valence-corrected chi connectivity index (χ0v) is 12.7. The van der Waals surface area contributed by atoms with E-state index >= 15 is 0 Å². The van der Waals surface area contributed by atoms with Gasteiger partial charge in [0.05, 0.1) is 0 Å². The molecule has 0 aromatic carbocycles. The molecule has 0 aliphatic heterocycles. The van der Waals surface area contributed by atoms with Gasteiger partial charge in [0, 0.05) is 0 Å². The van der Waals surface area contributed by atoms with E-state index in [0.29, 0.717) is 0 Å². The summed E-state index contributed by atoms with van der Waals surface area (Å²) in [5.41, 5.74) is 0. The van der Waals surface area contributed by atoms with Crippen molar-refractivity contribution in [1.82, 2.24) is 0 Å². The van der Waals surface area contributed by atoms with E-state index in [-0.39, 0.29) is 17.1 Å². The van der Waals surface area contributed by atoms with Gasteiger partial charge < -0.3 is 19.2 Å². The molecule has 0 aliphatic rings. The third kappa shape index (κ3) is 13.0. The second-order valence-corrected chi connectivity index (χ2v) is 3.82. The molecule has 0 aromatic rings. The molecular weight excluding hydrogens is 476 g/mol. The quantitative estimate of drug-likeness (QED) is 0.194. The van der Waals surface area contributed by atoms with Crippen LogP contribution in [0.15, 0.2) is 0 Å². The predicted octanol–water partition coefficient (Wildman–Crippen LogP) is 2.81. The number of alkyl halides is 12. The van der Waals surface area contributed by atoms with Crippen molar-refractivity contribution in [1.29, 1.82) is 0 Å². The van der Waals surface area contributed by atoms with Gasteiger partial charge >= 0.3 is 41.8 Å². The smallest absolute Gasteiger partial charge is 0.306 e. The van der Waals surface area contributed by atoms with E-state index in [1.54, 1.807) is 0 Å². The van der Waals surface area contributed by atoms with E-state index in [9.17, 15) is 52.7 Å². The van der Waals surface area contributed by atoms with Crippen LogP contribution in [0.25, 0.3) is 0 Å². The molecule has 4 nitrogen and oxygen atoms in total. The van der Waals surface area contributed by atoms with Crippen LogP contribution in [0.3, 0.4) is 0 Å². The predicted molar refractivity (Wildman–Crippen MR) is 60.6 cm³/mol. The van der Waals surface area contributed by atoms with E-state index in [0.717, 1.165) is 0 Å². The van der Waals surface area contributed by atoms with Gasteiger partial charge in [-0.05, 0) is 0 Å². The SMILES string of the molecule is [Cu+2].[OH+]=C([CH-]C(=[OH+])C(F)(F)F)C(F)(F)F.[OH+]=C([CH-]C(=[OH+])C(F)(F)F)C(F)(F)F. The minimum atomic E-state index is -5.31. The van der Waals surface area contributed by atoms with Crippen LogP contribution in [0.4, 0.5) is 52.7 Å². The number of halogens is 12. The number of rotatable bonds is 4. The van der Waals surface area contributed by atoms with Crippen molar-refractivity contribution in [3.05, 3.63) is 12.8 Å². The van der Waals surface area contributed by atoms with Gasteiger partial charge in [-0.2, -0.15) is 52.7 Å². The molecule has 17 heteroatoms. The Bertz CT molecular complexity index is 456. The molecule has 27 heavy (non-hydrogen) atoms. The number of hydrogen-bond donors (Lipinski definition) is 0. The van der Waals surface area contributed by atoms with Crippen LogP contribution in [0.5, 0.6) is 0 Å².